The van der Waals surface area contributed by atoms with E-state index in [4.69, 9.17) is 9.47 Å². The fraction of sp³-hybridized carbons (Fsp3) is 0.226. The Labute approximate surface area is 231 Å². The summed E-state index contributed by atoms with van der Waals surface area (Å²) in [5, 5.41) is 13.1. The minimum absolute atomic E-state index is 0.106. The van der Waals surface area contributed by atoms with Gasteiger partial charge in [0.25, 0.3) is 0 Å². The lowest BCUT2D eigenvalue weighted by Crippen LogP contribution is -2.28. The van der Waals surface area contributed by atoms with Crippen LogP contribution in [-0.2, 0) is 24.3 Å². The van der Waals surface area contributed by atoms with Crippen LogP contribution in [0.2, 0.25) is 0 Å². The van der Waals surface area contributed by atoms with Crippen LogP contribution in [0.1, 0.15) is 37.9 Å². The van der Waals surface area contributed by atoms with Gasteiger partial charge in [0.15, 0.2) is 5.82 Å². The highest BCUT2D eigenvalue weighted by Crippen LogP contribution is 2.26. The summed E-state index contributed by atoms with van der Waals surface area (Å²) in [6.45, 7) is 9.68. The Hall–Kier alpha value is -4.79. The summed E-state index contributed by atoms with van der Waals surface area (Å²) in [5.41, 5.74) is 3.48. The molecule has 5 rings (SSSR count). The van der Waals surface area contributed by atoms with Gasteiger partial charge in [0.2, 0.25) is 0 Å². The quantitative estimate of drug-likeness (QED) is 0.207. The van der Waals surface area contributed by atoms with E-state index in [1.807, 2.05) is 42.5 Å². The fourth-order valence-corrected chi connectivity index (χ4v) is 4.30. The van der Waals surface area contributed by atoms with Gasteiger partial charge in [-0.3, -0.25) is 0 Å². The van der Waals surface area contributed by atoms with Crippen molar-refractivity contribution in [3.8, 4) is 16.9 Å². The first-order valence-corrected chi connectivity index (χ1v) is 12.9. The molecule has 0 radical (unpaired) electrons. The van der Waals surface area contributed by atoms with E-state index in [9.17, 15) is 9.18 Å². The molecule has 0 aliphatic rings. The third kappa shape index (κ3) is 6.26. The number of hydrogen-bond donors (Lipinski definition) is 0. The Morgan fingerprint density at radius 2 is 1.70 bits per heavy atom. The second kappa shape index (κ2) is 11.1. The third-order valence-corrected chi connectivity index (χ3v) is 6.10. The summed E-state index contributed by atoms with van der Waals surface area (Å²) in [4.78, 5) is 14.5. The molecular weight excluding hydrogens is 509 g/mol. The van der Waals surface area contributed by atoms with Crippen LogP contribution in [0, 0.1) is 5.82 Å². The third-order valence-electron chi connectivity index (χ3n) is 6.10. The molecule has 5 aromatic rings. The first-order chi connectivity index (χ1) is 19.2. The number of aromatic nitrogens is 5. The summed E-state index contributed by atoms with van der Waals surface area (Å²) in [6.07, 6.45) is 1.74. The normalized spacial score (nSPS) is 11.5. The van der Waals surface area contributed by atoms with E-state index in [1.54, 1.807) is 32.9 Å². The zero-order chi connectivity index (χ0) is 28.3. The number of tetrazole rings is 1. The molecule has 0 amide bonds. The average molecular weight is 540 g/mol. The molecule has 2 aromatic heterocycles. The van der Waals surface area contributed by atoms with Crippen LogP contribution in [0.3, 0.4) is 0 Å². The van der Waals surface area contributed by atoms with Gasteiger partial charge in [0, 0.05) is 11.8 Å². The second-order valence-electron chi connectivity index (χ2n) is 10.4. The van der Waals surface area contributed by atoms with Crippen molar-refractivity contribution in [3.63, 3.8) is 0 Å². The minimum atomic E-state index is -0.699. The largest absolute Gasteiger partial charge is 0.487 e. The molecule has 8 nitrogen and oxygen atoms in total. The molecular formula is C31H30FN5O3. The van der Waals surface area contributed by atoms with Gasteiger partial charge in [-0.25, -0.2) is 13.8 Å². The van der Waals surface area contributed by atoms with Crippen LogP contribution in [0.15, 0.2) is 85.5 Å². The number of benzene rings is 3. The lowest BCUT2D eigenvalue weighted by Gasteiger charge is -2.21. The molecule has 3 aromatic carbocycles. The molecule has 204 valence electrons. The predicted molar refractivity (Wildman–Crippen MR) is 151 cm³/mol. The van der Waals surface area contributed by atoms with Gasteiger partial charge in [-0.2, -0.15) is 4.80 Å². The monoisotopic (exact) mass is 539 g/mol. The standard InChI is InChI=1S/C31H30FN5O3/c1-5-16-36-34-29(33-35-36)17-21-6-8-22(9-7-21)23-11-14-27(15-12-23)39-20-26-18-24-10-13-25(32)19-28(24)37(26)30(38)40-31(2,3)4/h5-15,18-19H,1,16-17,20H2,2-4H3. The van der Waals surface area contributed by atoms with Crippen molar-refractivity contribution in [1.82, 2.24) is 24.8 Å². The van der Waals surface area contributed by atoms with Crippen molar-refractivity contribution in [2.75, 3.05) is 0 Å². The maximum atomic E-state index is 14.0. The van der Waals surface area contributed by atoms with Crippen LogP contribution in [0.25, 0.3) is 22.0 Å². The summed E-state index contributed by atoms with van der Waals surface area (Å²) >= 11 is 0. The first kappa shape index (κ1) is 26.8. The van der Waals surface area contributed by atoms with Crippen LogP contribution < -0.4 is 4.74 Å². The summed E-state index contributed by atoms with van der Waals surface area (Å²) in [6, 6.07) is 22.1. The number of halogens is 1. The highest BCUT2D eigenvalue weighted by Gasteiger charge is 2.22. The molecule has 0 N–H and O–H groups in total. The number of carbonyl (C=O) groups excluding carboxylic acids is 1. The number of rotatable bonds is 8. The van der Waals surface area contributed by atoms with Crippen molar-refractivity contribution < 1.29 is 18.7 Å². The van der Waals surface area contributed by atoms with E-state index in [1.165, 1.54) is 21.5 Å². The van der Waals surface area contributed by atoms with Crippen molar-refractivity contribution in [2.45, 2.75) is 45.9 Å². The Morgan fingerprint density at radius 1 is 1.00 bits per heavy atom. The van der Waals surface area contributed by atoms with Crippen molar-refractivity contribution in [2.24, 2.45) is 0 Å². The maximum absolute atomic E-state index is 14.0. The zero-order valence-corrected chi connectivity index (χ0v) is 22.7. The summed E-state index contributed by atoms with van der Waals surface area (Å²) in [5.74, 6) is 0.868. The molecule has 40 heavy (non-hydrogen) atoms. The van der Waals surface area contributed by atoms with E-state index < -0.39 is 17.5 Å². The fourth-order valence-electron chi connectivity index (χ4n) is 4.30. The van der Waals surface area contributed by atoms with Crippen LogP contribution in [0.5, 0.6) is 5.75 Å². The summed E-state index contributed by atoms with van der Waals surface area (Å²) in [7, 11) is 0. The molecule has 0 saturated heterocycles. The zero-order valence-electron chi connectivity index (χ0n) is 22.7. The van der Waals surface area contributed by atoms with Gasteiger partial charge in [-0.05, 0) is 79.1 Å². The topological polar surface area (TPSA) is 84.1 Å². The van der Waals surface area contributed by atoms with Gasteiger partial charge < -0.3 is 9.47 Å². The second-order valence-corrected chi connectivity index (χ2v) is 10.4. The molecule has 2 heterocycles. The van der Waals surface area contributed by atoms with Crippen LogP contribution in [0.4, 0.5) is 9.18 Å². The molecule has 0 fully saturated rings. The molecule has 0 bridgehead atoms. The van der Waals surface area contributed by atoms with Gasteiger partial charge in [-0.1, -0.05) is 42.5 Å². The van der Waals surface area contributed by atoms with Crippen molar-refractivity contribution in [3.05, 3.63) is 108 Å². The number of carbonyl (C=O) groups is 1. The van der Waals surface area contributed by atoms with Crippen LogP contribution in [-0.4, -0.2) is 36.5 Å². The van der Waals surface area contributed by atoms with E-state index >= 15 is 0 Å². The number of nitrogens with zero attached hydrogens (tertiary/aromatic N) is 5. The number of hydrogen-bond acceptors (Lipinski definition) is 6. The lowest BCUT2D eigenvalue weighted by atomic mass is 10.0. The molecule has 0 spiro atoms. The highest BCUT2D eigenvalue weighted by atomic mass is 19.1. The van der Waals surface area contributed by atoms with Crippen molar-refractivity contribution in [1.29, 1.82) is 0 Å². The van der Waals surface area contributed by atoms with Crippen molar-refractivity contribution >= 4 is 17.0 Å². The first-order valence-electron chi connectivity index (χ1n) is 12.9. The van der Waals surface area contributed by atoms with E-state index in [0.717, 1.165) is 22.1 Å². The maximum Gasteiger partial charge on any atom is 0.419 e. The molecule has 0 saturated carbocycles. The molecule has 0 aliphatic carbocycles. The number of ether oxygens (including phenoxy) is 2. The number of allylic oxidation sites excluding steroid dienone is 1. The van der Waals surface area contributed by atoms with Gasteiger partial charge in [0.1, 0.15) is 23.8 Å². The van der Waals surface area contributed by atoms with E-state index in [-0.39, 0.29) is 6.61 Å². The smallest absolute Gasteiger partial charge is 0.419 e. The van der Waals surface area contributed by atoms with Gasteiger partial charge in [0.05, 0.1) is 17.8 Å². The van der Waals surface area contributed by atoms with Gasteiger partial charge in [-0.15, -0.1) is 16.8 Å². The van der Waals surface area contributed by atoms with Crippen LogP contribution >= 0.6 is 0 Å². The molecule has 9 heteroatoms. The molecule has 0 unspecified atom stereocenters. The average Bonchev–Trinajstić information content (AvgIpc) is 3.51. The Morgan fingerprint density at radius 3 is 2.38 bits per heavy atom. The van der Waals surface area contributed by atoms with Gasteiger partial charge >= 0.3 is 6.09 Å². The Balaban J connectivity index is 1.27. The lowest BCUT2D eigenvalue weighted by molar-refractivity contribution is 0.0535. The Kier molecular flexibility index (Phi) is 7.46. The Bertz CT molecular complexity index is 1650. The minimum Gasteiger partial charge on any atom is -0.487 e. The predicted octanol–water partition coefficient (Wildman–Crippen LogP) is 6.57. The summed E-state index contributed by atoms with van der Waals surface area (Å²) < 4.78 is 27.0. The SMILES string of the molecule is C=CCn1nnc(Cc2ccc(-c3ccc(OCc4cc5ccc(F)cc5n4C(=O)OC(C)(C)C)cc3)cc2)n1. The van der Waals surface area contributed by atoms with E-state index in [2.05, 4.69) is 34.1 Å². The molecule has 0 atom stereocenters. The highest BCUT2D eigenvalue weighted by molar-refractivity contribution is 5.91. The number of fused-ring (bicyclic) bond motifs is 1. The molecule has 0 aliphatic heterocycles. The van der Waals surface area contributed by atoms with E-state index in [0.29, 0.717) is 35.8 Å².